The van der Waals surface area contributed by atoms with Gasteiger partial charge in [0.2, 0.25) is 0 Å². The summed E-state index contributed by atoms with van der Waals surface area (Å²) in [6.07, 6.45) is 2.43. The van der Waals surface area contributed by atoms with Crippen molar-refractivity contribution in [2.75, 3.05) is 6.61 Å². The number of halogens is 2. The molecule has 1 aromatic rings. The van der Waals surface area contributed by atoms with Gasteiger partial charge in [0, 0.05) is 12.0 Å². The van der Waals surface area contributed by atoms with Crippen molar-refractivity contribution >= 4 is 35.2 Å². The number of cyclic esters (lactones) is 1. The Kier molecular flexibility index (Phi) is 2.98. The molecule has 1 aliphatic rings. The van der Waals surface area contributed by atoms with E-state index in [-0.39, 0.29) is 5.97 Å². The molecule has 0 N–H and O–H groups in total. The summed E-state index contributed by atoms with van der Waals surface area (Å²) in [7, 11) is 0. The Labute approximate surface area is 97.4 Å². The van der Waals surface area contributed by atoms with Gasteiger partial charge in [-0.3, -0.25) is 0 Å². The highest BCUT2D eigenvalue weighted by Gasteiger charge is 2.18. The lowest BCUT2D eigenvalue weighted by molar-refractivity contribution is -0.134. The molecule has 1 aromatic carbocycles. The normalized spacial score (nSPS) is 18.3. The average molecular weight is 243 g/mol. The molecular formula is C11H8Cl2O2. The lowest BCUT2D eigenvalue weighted by atomic mass is 10.1. The second kappa shape index (κ2) is 4.25. The highest BCUT2D eigenvalue weighted by molar-refractivity contribution is 6.42. The molecule has 0 saturated carbocycles. The number of benzene rings is 1. The molecule has 0 radical (unpaired) electrons. The first-order valence-corrected chi connectivity index (χ1v) is 5.25. The highest BCUT2D eigenvalue weighted by atomic mass is 35.5. The van der Waals surface area contributed by atoms with Gasteiger partial charge in [0.1, 0.15) is 0 Å². The number of carbonyl (C=O) groups excluding carboxylic acids is 1. The number of ether oxygens (including phenoxy) is 1. The Balaban J connectivity index is 2.31. The molecule has 1 fully saturated rings. The van der Waals surface area contributed by atoms with Crippen LogP contribution in [0.25, 0.3) is 6.08 Å². The van der Waals surface area contributed by atoms with Crippen LogP contribution in [0.1, 0.15) is 12.0 Å². The van der Waals surface area contributed by atoms with Crippen molar-refractivity contribution in [1.29, 1.82) is 0 Å². The van der Waals surface area contributed by atoms with Gasteiger partial charge in [0.05, 0.1) is 16.7 Å². The molecule has 1 aliphatic heterocycles. The molecule has 0 aromatic heterocycles. The van der Waals surface area contributed by atoms with Gasteiger partial charge in [-0.2, -0.15) is 0 Å². The van der Waals surface area contributed by atoms with E-state index < -0.39 is 0 Å². The van der Waals surface area contributed by atoms with E-state index >= 15 is 0 Å². The Hall–Kier alpha value is -0.990. The zero-order valence-corrected chi connectivity index (χ0v) is 9.31. The summed E-state index contributed by atoms with van der Waals surface area (Å²) in [6, 6.07) is 5.24. The fourth-order valence-electron chi connectivity index (χ4n) is 1.38. The van der Waals surface area contributed by atoms with E-state index in [9.17, 15) is 4.79 Å². The van der Waals surface area contributed by atoms with E-state index in [1.54, 1.807) is 18.2 Å². The van der Waals surface area contributed by atoms with Crippen LogP contribution in [0.3, 0.4) is 0 Å². The largest absolute Gasteiger partial charge is 0.462 e. The topological polar surface area (TPSA) is 26.3 Å². The molecule has 1 saturated heterocycles. The minimum absolute atomic E-state index is 0.249. The van der Waals surface area contributed by atoms with E-state index in [1.165, 1.54) is 0 Å². The SMILES string of the molecule is O=C1OCCC1=Cc1ccc(Cl)c(Cl)c1. The summed E-state index contributed by atoms with van der Waals surface area (Å²) in [5, 5.41) is 0.991. The van der Waals surface area contributed by atoms with Crippen LogP contribution in [0.2, 0.25) is 10.0 Å². The van der Waals surface area contributed by atoms with Gasteiger partial charge in [-0.25, -0.2) is 4.79 Å². The van der Waals surface area contributed by atoms with Crippen LogP contribution in [-0.2, 0) is 9.53 Å². The highest BCUT2D eigenvalue weighted by Crippen LogP contribution is 2.25. The van der Waals surface area contributed by atoms with E-state index in [2.05, 4.69) is 0 Å². The third-order valence-corrected chi connectivity index (χ3v) is 2.89. The lowest BCUT2D eigenvalue weighted by Gasteiger charge is -1.98. The standard InChI is InChI=1S/C11H8Cl2O2/c12-9-2-1-7(6-10(9)13)5-8-3-4-15-11(8)14/h1-2,5-6H,3-4H2. The summed E-state index contributed by atoms with van der Waals surface area (Å²) in [4.78, 5) is 11.2. The zero-order chi connectivity index (χ0) is 10.8. The summed E-state index contributed by atoms with van der Waals surface area (Å²) in [6.45, 7) is 0.464. The van der Waals surface area contributed by atoms with Gasteiger partial charge in [-0.1, -0.05) is 29.3 Å². The Morgan fingerprint density at radius 3 is 2.67 bits per heavy atom. The smallest absolute Gasteiger partial charge is 0.334 e. The van der Waals surface area contributed by atoms with Crippen molar-refractivity contribution in [2.45, 2.75) is 6.42 Å². The maximum atomic E-state index is 11.2. The second-order valence-corrected chi connectivity index (χ2v) is 4.04. The van der Waals surface area contributed by atoms with E-state index in [0.29, 0.717) is 28.6 Å². The minimum atomic E-state index is -0.249. The molecule has 2 rings (SSSR count). The fourth-order valence-corrected chi connectivity index (χ4v) is 1.69. The quantitative estimate of drug-likeness (QED) is 0.558. The predicted octanol–water partition coefficient (Wildman–Crippen LogP) is 3.32. The van der Waals surface area contributed by atoms with E-state index in [0.717, 1.165) is 5.56 Å². The molecule has 0 spiro atoms. The number of esters is 1. The first-order chi connectivity index (χ1) is 7.16. The van der Waals surface area contributed by atoms with Crippen LogP contribution in [-0.4, -0.2) is 12.6 Å². The number of carbonyl (C=O) groups is 1. The fraction of sp³-hybridized carbons (Fsp3) is 0.182. The molecule has 0 amide bonds. The molecule has 15 heavy (non-hydrogen) atoms. The van der Waals surface area contributed by atoms with Crippen molar-refractivity contribution in [3.8, 4) is 0 Å². The van der Waals surface area contributed by atoms with Gasteiger partial charge in [0.15, 0.2) is 0 Å². The maximum absolute atomic E-state index is 11.2. The maximum Gasteiger partial charge on any atom is 0.334 e. The van der Waals surface area contributed by atoms with E-state index in [1.807, 2.05) is 6.07 Å². The van der Waals surface area contributed by atoms with Crippen molar-refractivity contribution in [3.05, 3.63) is 39.4 Å². The molecule has 2 nitrogen and oxygen atoms in total. The van der Waals surface area contributed by atoms with Gasteiger partial charge >= 0.3 is 5.97 Å². The number of hydrogen-bond acceptors (Lipinski definition) is 2. The summed E-state index contributed by atoms with van der Waals surface area (Å²) < 4.78 is 4.83. The van der Waals surface area contributed by atoms with Crippen molar-refractivity contribution in [3.63, 3.8) is 0 Å². The number of hydrogen-bond donors (Lipinski definition) is 0. The molecule has 4 heteroatoms. The number of rotatable bonds is 1. The first-order valence-electron chi connectivity index (χ1n) is 4.49. The summed E-state index contributed by atoms with van der Waals surface area (Å²) >= 11 is 11.6. The summed E-state index contributed by atoms with van der Waals surface area (Å²) in [5.41, 5.74) is 1.53. The van der Waals surface area contributed by atoms with Gasteiger partial charge in [0.25, 0.3) is 0 Å². The summed E-state index contributed by atoms with van der Waals surface area (Å²) in [5.74, 6) is -0.249. The monoisotopic (exact) mass is 242 g/mol. The zero-order valence-electron chi connectivity index (χ0n) is 7.80. The van der Waals surface area contributed by atoms with Crippen molar-refractivity contribution in [2.24, 2.45) is 0 Å². The second-order valence-electron chi connectivity index (χ2n) is 3.23. The van der Waals surface area contributed by atoms with Crippen LogP contribution < -0.4 is 0 Å². The van der Waals surface area contributed by atoms with Crippen LogP contribution in [0.5, 0.6) is 0 Å². The third kappa shape index (κ3) is 2.33. The van der Waals surface area contributed by atoms with Gasteiger partial charge in [-0.05, 0) is 23.8 Å². The molecular weight excluding hydrogens is 235 g/mol. The minimum Gasteiger partial charge on any atom is -0.462 e. The van der Waals surface area contributed by atoms with Gasteiger partial charge in [-0.15, -0.1) is 0 Å². The van der Waals surface area contributed by atoms with Crippen LogP contribution >= 0.6 is 23.2 Å². The molecule has 0 atom stereocenters. The molecule has 0 aliphatic carbocycles. The average Bonchev–Trinajstić information content (AvgIpc) is 2.59. The Morgan fingerprint density at radius 1 is 1.27 bits per heavy atom. The van der Waals surface area contributed by atoms with Gasteiger partial charge < -0.3 is 4.74 Å². The van der Waals surface area contributed by atoms with Crippen LogP contribution in [0.4, 0.5) is 0 Å². The van der Waals surface area contributed by atoms with Crippen LogP contribution in [0, 0.1) is 0 Å². The van der Waals surface area contributed by atoms with Crippen molar-refractivity contribution < 1.29 is 9.53 Å². The Morgan fingerprint density at radius 2 is 2.07 bits per heavy atom. The van der Waals surface area contributed by atoms with Crippen molar-refractivity contribution in [1.82, 2.24) is 0 Å². The van der Waals surface area contributed by atoms with Crippen LogP contribution in [0.15, 0.2) is 23.8 Å². The third-order valence-electron chi connectivity index (χ3n) is 2.15. The van der Waals surface area contributed by atoms with E-state index in [4.69, 9.17) is 27.9 Å². The molecule has 1 heterocycles. The lowest BCUT2D eigenvalue weighted by Crippen LogP contribution is -1.94. The predicted molar refractivity (Wildman–Crippen MR) is 60.0 cm³/mol. The Bertz CT molecular complexity index is 438. The molecule has 78 valence electrons. The molecule has 0 bridgehead atoms. The first kappa shape index (κ1) is 10.5. The molecule has 0 unspecified atom stereocenters.